The van der Waals surface area contributed by atoms with Crippen LogP contribution in [-0.2, 0) is 15.7 Å². The van der Waals surface area contributed by atoms with Crippen molar-refractivity contribution >= 4 is 29.0 Å². The van der Waals surface area contributed by atoms with Gasteiger partial charge in [0, 0.05) is 13.1 Å². The summed E-state index contributed by atoms with van der Waals surface area (Å²) in [4.78, 5) is 14.6. The molecule has 0 bridgehead atoms. The number of rotatable bonds is 6. The number of benzene rings is 2. The van der Waals surface area contributed by atoms with Crippen LogP contribution in [0.3, 0.4) is 0 Å². The monoisotopic (exact) mass is 478 g/mol. The lowest BCUT2D eigenvalue weighted by Crippen LogP contribution is -2.37. The van der Waals surface area contributed by atoms with E-state index in [1.54, 1.807) is 0 Å². The molecule has 0 spiro atoms. The van der Waals surface area contributed by atoms with E-state index in [9.17, 15) is 18.0 Å². The number of nitrogens with zero attached hydrogens (tertiary/aromatic N) is 5. The molecule has 1 aliphatic heterocycles. The number of alkyl halides is 3. The zero-order valence-electron chi connectivity index (χ0n) is 17.7. The van der Waals surface area contributed by atoms with Gasteiger partial charge in [-0.05, 0) is 47.7 Å². The van der Waals surface area contributed by atoms with Crippen molar-refractivity contribution in [2.24, 2.45) is 0 Å². The molecule has 2 heterocycles. The number of tetrazole rings is 1. The molecule has 1 aliphatic rings. The number of amides is 1. The lowest BCUT2D eigenvalue weighted by atomic mass is 10.1. The third-order valence-corrected chi connectivity index (χ3v) is 5.92. The van der Waals surface area contributed by atoms with E-state index in [0.717, 1.165) is 35.1 Å². The van der Waals surface area contributed by atoms with Crippen LogP contribution < -0.4 is 10.2 Å². The third kappa shape index (κ3) is 5.63. The number of carbonyl (C=O) groups excluding carboxylic acids is 1. The molecule has 12 heteroatoms. The molecule has 0 saturated carbocycles. The summed E-state index contributed by atoms with van der Waals surface area (Å²) in [6.45, 7) is 3.93. The average molecular weight is 479 g/mol. The first-order valence-electron chi connectivity index (χ1n) is 10.1. The molecule has 1 amide bonds. The Labute approximate surface area is 192 Å². The van der Waals surface area contributed by atoms with E-state index in [4.69, 9.17) is 4.74 Å². The second-order valence-corrected chi connectivity index (χ2v) is 8.32. The molecule has 4 rings (SSSR count). The predicted molar refractivity (Wildman–Crippen MR) is 118 cm³/mol. The number of halogens is 3. The van der Waals surface area contributed by atoms with Crippen molar-refractivity contribution in [1.82, 2.24) is 20.2 Å². The van der Waals surface area contributed by atoms with Gasteiger partial charge >= 0.3 is 6.18 Å². The third-order valence-electron chi connectivity index (χ3n) is 5.00. The van der Waals surface area contributed by atoms with Crippen LogP contribution in [0.25, 0.3) is 5.69 Å². The number of thioether (sulfide) groups is 1. The van der Waals surface area contributed by atoms with Crippen LogP contribution in [0.1, 0.15) is 11.1 Å². The molecule has 1 saturated heterocycles. The van der Waals surface area contributed by atoms with E-state index in [2.05, 4.69) is 20.8 Å². The molecule has 1 N–H and O–H groups in total. The Hall–Kier alpha value is -3.12. The van der Waals surface area contributed by atoms with Gasteiger partial charge in [-0.2, -0.15) is 17.9 Å². The maximum atomic E-state index is 13.3. The van der Waals surface area contributed by atoms with Crippen molar-refractivity contribution in [2.45, 2.75) is 18.3 Å². The summed E-state index contributed by atoms with van der Waals surface area (Å²) in [7, 11) is 0. The van der Waals surface area contributed by atoms with Gasteiger partial charge in [-0.1, -0.05) is 29.5 Å². The number of aryl methyl sites for hydroxylation is 1. The summed E-state index contributed by atoms with van der Waals surface area (Å²) in [5.41, 5.74) is 1.62. The molecule has 1 aromatic heterocycles. The van der Waals surface area contributed by atoms with E-state index in [0.29, 0.717) is 37.1 Å². The fraction of sp³-hybridized carbons (Fsp3) is 0.333. The molecular weight excluding hydrogens is 457 g/mol. The van der Waals surface area contributed by atoms with Gasteiger partial charge in [0.2, 0.25) is 11.1 Å². The highest BCUT2D eigenvalue weighted by Gasteiger charge is 2.32. The Bertz CT molecular complexity index is 1110. The highest BCUT2D eigenvalue weighted by molar-refractivity contribution is 7.99. The Morgan fingerprint density at radius 2 is 1.88 bits per heavy atom. The summed E-state index contributed by atoms with van der Waals surface area (Å²) < 4.78 is 46.6. The fourth-order valence-electron chi connectivity index (χ4n) is 3.33. The molecule has 0 atom stereocenters. The highest BCUT2D eigenvalue weighted by atomic mass is 32.2. The molecule has 2 aromatic carbocycles. The molecule has 0 unspecified atom stereocenters. The van der Waals surface area contributed by atoms with Crippen LogP contribution >= 0.6 is 11.8 Å². The second kappa shape index (κ2) is 9.79. The van der Waals surface area contributed by atoms with Gasteiger partial charge < -0.3 is 15.0 Å². The summed E-state index contributed by atoms with van der Waals surface area (Å²) in [6.07, 6.45) is -4.52. The van der Waals surface area contributed by atoms with Crippen LogP contribution in [-0.4, -0.2) is 58.2 Å². The zero-order chi connectivity index (χ0) is 23.4. The number of hydrogen-bond donors (Lipinski definition) is 1. The van der Waals surface area contributed by atoms with Crippen molar-refractivity contribution in [1.29, 1.82) is 0 Å². The lowest BCUT2D eigenvalue weighted by molar-refractivity contribution is -0.137. The molecular formula is C21H21F3N6O2S. The molecule has 174 valence electrons. The Morgan fingerprint density at radius 3 is 2.58 bits per heavy atom. The molecule has 0 radical (unpaired) electrons. The van der Waals surface area contributed by atoms with Crippen LogP contribution in [0.5, 0.6) is 0 Å². The number of ether oxygens (including phenoxy) is 1. The van der Waals surface area contributed by atoms with Gasteiger partial charge in [0.05, 0.1) is 41.6 Å². The first-order chi connectivity index (χ1) is 15.8. The maximum Gasteiger partial charge on any atom is 0.416 e. The zero-order valence-corrected chi connectivity index (χ0v) is 18.5. The van der Waals surface area contributed by atoms with Crippen molar-refractivity contribution in [3.63, 3.8) is 0 Å². The van der Waals surface area contributed by atoms with E-state index in [-0.39, 0.29) is 11.4 Å². The molecule has 0 aliphatic carbocycles. The van der Waals surface area contributed by atoms with E-state index in [1.165, 1.54) is 10.7 Å². The van der Waals surface area contributed by atoms with Crippen molar-refractivity contribution in [3.8, 4) is 5.69 Å². The summed E-state index contributed by atoms with van der Waals surface area (Å²) in [5.74, 6) is -0.544. The summed E-state index contributed by atoms with van der Waals surface area (Å²) in [6, 6.07) is 10.9. The van der Waals surface area contributed by atoms with E-state index >= 15 is 0 Å². The minimum Gasteiger partial charge on any atom is -0.378 e. The van der Waals surface area contributed by atoms with Gasteiger partial charge in [-0.15, -0.1) is 5.10 Å². The fourth-order valence-corrected chi connectivity index (χ4v) is 4.02. The Kier molecular flexibility index (Phi) is 6.84. The van der Waals surface area contributed by atoms with Crippen molar-refractivity contribution in [3.05, 3.63) is 53.6 Å². The SMILES string of the molecule is Cc1ccc(-n2nnnc2SCC(=O)Nc2cc(C(F)(F)F)ccc2N2CCOCC2)cc1. The second-order valence-electron chi connectivity index (χ2n) is 7.37. The smallest absolute Gasteiger partial charge is 0.378 e. The number of aromatic nitrogens is 4. The number of morpholine rings is 1. The van der Waals surface area contributed by atoms with Crippen molar-refractivity contribution in [2.75, 3.05) is 42.3 Å². The van der Waals surface area contributed by atoms with Crippen LogP contribution in [0, 0.1) is 6.92 Å². The Balaban J connectivity index is 1.49. The molecule has 3 aromatic rings. The number of carbonyl (C=O) groups is 1. The average Bonchev–Trinajstić information content (AvgIpc) is 3.27. The predicted octanol–water partition coefficient (Wildman–Crippen LogP) is 3.56. The van der Waals surface area contributed by atoms with Gasteiger partial charge in [-0.25, -0.2) is 0 Å². The molecule has 8 nitrogen and oxygen atoms in total. The van der Waals surface area contributed by atoms with Gasteiger partial charge in [-0.3, -0.25) is 4.79 Å². The minimum atomic E-state index is -4.52. The molecule has 1 fully saturated rings. The minimum absolute atomic E-state index is 0.0783. The maximum absolute atomic E-state index is 13.3. The summed E-state index contributed by atoms with van der Waals surface area (Å²) >= 11 is 1.09. The van der Waals surface area contributed by atoms with Crippen LogP contribution in [0.2, 0.25) is 0 Å². The summed E-state index contributed by atoms with van der Waals surface area (Å²) in [5, 5.41) is 14.6. The van der Waals surface area contributed by atoms with Crippen molar-refractivity contribution < 1.29 is 22.7 Å². The number of nitrogens with one attached hydrogen (secondary N) is 1. The number of anilines is 2. The topological polar surface area (TPSA) is 85.2 Å². The van der Waals surface area contributed by atoms with Crippen LogP contribution in [0.15, 0.2) is 47.6 Å². The van der Waals surface area contributed by atoms with E-state index in [1.807, 2.05) is 36.1 Å². The first-order valence-corrected chi connectivity index (χ1v) is 11.1. The van der Waals surface area contributed by atoms with Gasteiger partial charge in [0.1, 0.15) is 0 Å². The highest BCUT2D eigenvalue weighted by Crippen LogP contribution is 2.36. The van der Waals surface area contributed by atoms with Crippen LogP contribution in [0.4, 0.5) is 24.5 Å². The van der Waals surface area contributed by atoms with Gasteiger partial charge in [0.15, 0.2) is 0 Å². The Morgan fingerprint density at radius 1 is 1.15 bits per heavy atom. The van der Waals surface area contributed by atoms with Gasteiger partial charge in [0.25, 0.3) is 0 Å². The largest absolute Gasteiger partial charge is 0.416 e. The molecule has 33 heavy (non-hydrogen) atoms. The number of hydrogen-bond acceptors (Lipinski definition) is 7. The normalized spacial score (nSPS) is 14.4. The quantitative estimate of drug-likeness (QED) is 0.543. The lowest BCUT2D eigenvalue weighted by Gasteiger charge is -2.31. The van der Waals surface area contributed by atoms with E-state index < -0.39 is 17.6 Å². The first kappa shape index (κ1) is 23.1. The standard InChI is InChI=1S/C21H21F3N6O2S/c1-14-2-5-16(6-3-14)30-20(26-27-28-30)33-13-19(31)25-17-12-15(21(22,23)24)4-7-18(17)29-8-10-32-11-9-29/h2-7,12H,8-11,13H2,1H3,(H,25,31).